The molecule has 5 nitrogen and oxygen atoms in total. The number of hydrogen-bond acceptors (Lipinski definition) is 3. The van der Waals surface area contributed by atoms with Gasteiger partial charge in [0.1, 0.15) is 0 Å². The van der Waals surface area contributed by atoms with Gasteiger partial charge in [0.2, 0.25) is 0 Å². The molecular weight excluding hydrogens is 286 g/mol. The van der Waals surface area contributed by atoms with Crippen molar-refractivity contribution in [2.45, 2.75) is 64.3 Å². The summed E-state index contributed by atoms with van der Waals surface area (Å²) in [4.78, 5) is 0. The Labute approximate surface area is 130 Å². The normalized spacial score (nSPS) is 22.6. The molecule has 0 spiro atoms. The van der Waals surface area contributed by atoms with Crippen molar-refractivity contribution in [1.82, 2.24) is 14.3 Å². The Bertz CT molecular complexity index is 415. The predicted molar refractivity (Wildman–Crippen MR) is 86.4 cm³/mol. The number of rotatable bonds is 9. The minimum absolute atomic E-state index is 0.139. The van der Waals surface area contributed by atoms with Gasteiger partial charge in [0.15, 0.2) is 0 Å². The lowest BCUT2D eigenvalue weighted by molar-refractivity contribution is 0.217. The molecule has 2 aliphatic carbocycles. The lowest BCUT2D eigenvalue weighted by Gasteiger charge is -2.34. The van der Waals surface area contributed by atoms with E-state index in [1.54, 1.807) is 7.05 Å². The highest BCUT2D eigenvalue weighted by Gasteiger charge is 2.29. The van der Waals surface area contributed by atoms with Crippen LogP contribution in [-0.4, -0.2) is 45.4 Å². The molecule has 2 saturated carbocycles. The fourth-order valence-electron chi connectivity index (χ4n) is 2.97. The molecule has 0 bridgehead atoms. The molecule has 2 N–H and O–H groups in total. The van der Waals surface area contributed by atoms with E-state index in [1.165, 1.54) is 36.4 Å². The quantitative estimate of drug-likeness (QED) is 0.638. The second-order valence-corrected chi connectivity index (χ2v) is 8.96. The topological polar surface area (TPSA) is 61.4 Å². The SMILES string of the molecule is CN(CCCNC1CC1)S(=O)(=O)NCC1(C)CCCCC1. The van der Waals surface area contributed by atoms with Gasteiger partial charge in [-0.25, -0.2) is 4.72 Å². The van der Waals surface area contributed by atoms with Crippen LogP contribution < -0.4 is 10.0 Å². The summed E-state index contributed by atoms with van der Waals surface area (Å²) in [6.45, 7) is 4.25. The first kappa shape index (κ1) is 17.2. The van der Waals surface area contributed by atoms with Gasteiger partial charge in [0.05, 0.1) is 0 Å². The van der Waals surface area contributed by atoms with Crippen LogP contribution in [0.5, 0.6) is 0 Å². The van der Waals surface area contributed by atoms with E-state index in [4.69, 9.17) is 0 Å². The van der Waals surface area contributed by atoms with Gasteiger partial charge in [-0.2, -0.15) is 12.7 Å². The van der Waals surface area contributed by atoms with E-state index in [0.29, 0.717) is 19.1 Å². The van der Waals surface area contributed by atoms with E-state index >= 15 is 0 Å². The molecular formula is C15H31N3O2S. The minimum atomic E-state index is -3.33. The zero-order valence-corrected chi connectivity index (χ0v) is 14.3. The van der Waals surface area contributed by atoms with Crippen molar-refractivity contribution in [2.75, 3.05) is 26.7 Å². The Balaban J connectivity index is 1.68. The zero-order valence-electron chi connectivity index (χ0n) is 13.5. The molecule has 6 heteroatoms. The van der Waals surface area contributed by atoms with E-state index in [1.807, 2.05) is 0 Å². The minimum Gasteiger partial charge on any atom is -0.314 e. The summed E-state index contributed by atoms with van der Waals surface area (Å²) in [6.07, 6.45) is 9.40. The van der Waals surface area contributed by atoms with Crippen LogP contribution in [0.25, 0.3) is 0 Å². The van der Waals surface area contributed by atoms with E-state index in [9.17, 15) is 8.42 Å². The summed E-state index contributed by atoms with van der Waals surface area (Å²) in [5.74, 6) is 0. The molecule has 2 aliphatic rings. The summed E-state index contributed by atoms with van der Waals surface area (Å²) < 4.78 is 28.8. The third-order valence-electron chi connectivity index (χ3n) is 4.81. The van der Waals surface area contributed by atoms with E-state index < -0.39 is 10.2 Å². The third-order valence-corrected chi connectivity index (χ3v) is 6.32. The maximum absolute atomic E-state index is 12.3. The van der Waals surface area contributed by atoms with Crippen molar-refractivity contribution in [2.24, 2.45) is 5.41 Å². The summed E-state index contributed by atoms with van der Waals surface area (Å²) in [5.41, 5.74) is 0.139. The molecule has 0 radical (unpaired) electrons. The van der Waals surface area contributed by atoms with Crippen LogP contribution in [0.4, 0.5) is 0 Å². The molecule has 0 aromatic heterocycles. The molecule has 2 fully saturated rings. The standard InChI is InChI=1S/C15H31N3O2S/c1-15(9-4-3-5-10-15)13-17-21(19,20)18(2)12-6-11-16-14-7-8-14/h14,16-17H,3-13H2,1-2H3. The molecule has 0 atom stereocenters. The molecule has 124 valence electrons. The van der Waals surface area contributed by atoms with Crippen LogP contribution >= 0.6 is 0 Å². The lowest BCUT2D eigenvalue weighted by Crippen LogP contribution is -2.44. The van der Waals surface area contributed by atoms with Gasteiger partial charge in [-0.1, -0.05) is 26.2 Å². The molecule has 0 heterocycles. The highest BCUT2D eigenvalue weighted by Crippen LogP contribution is 2.35. The number of hydrogen-bond donors (Lipinski definition) is 2. The van der Waals surface area contributed by atoms with Crippen LogP contribution in [0.1, 0.15) is 58.3 Å². The van der Waals surface area contributed by atoms with Gasteiger partial charge >= 0.3 is 0 Å². The molecule has 0 amide bonds. The largest absolute Gasteiger partial charge is 0.314 e. The van der Waals surface area contributed by atoms with Gasteiger partial charge in [-0.15, -0.1) is 0 Å². The lowest BCUT2D eigenvalue weighted by atomic mass is 9.76. The smallest absolute Gasteiger partial charge is 0.279 e. The average Bonchev–Trinajstić information content (AvgIpc) is 3.26. The summed E-state index contributed by atoms with van der Waals surface area (Å²) in [6, 6.07) is 0.691. The van der Waals surface area contributed by atoms with Crippen molar-refractivity contribution in [3.05, 3.63) is 0 Å². The van der Waals surface area contributed by atoms with Crippen LogP contribution in [0.2, 0.25) is 0 Å². The first-order valence-electron chi connectivity index (χ1n) is 8.36. The van der Waals surface area contributed by atoms with Crippen LogP contribution in [0.15, 0.2) is 0 Å². The maximum Gasteiger partial charge on any atom is 0.279 e. The average molecular weight is 317 g/mol. The van der Waals surface area contributed by atoms with E-state index in [-0.39, 0.29) is 5.41 Å². The Kier molecular flexibility index (Phi) is 6.05. The van der Waals surface area contributed by atoms with E-state index in [2.05, 4.69) is 17.0 Å². The summed E-state index contributed by atoms with van der Waals surface area (Å²) in [7, 11) is -1.66. The third kappa shape index (κ3) is 5.85. The van der Waals surface area contributed by atoms with Gasteiger partial charge in [-0.3, -0.25) is 0 Å². The maximum atomic E-state index is 12.3. The second-order valence-electron chi connectivity index (χ2n) is 7.10. The summed E-state index contributed by atoms with van der Waals surface area (Å²) >= 11 is 0. The molecule has 0 aromatic rings. The van der Waals surface area contributed by atoms with Gasteiger partial charge in [0.25, 0.3) is 10.2 Å². The van der Waals surface area contributed by atoms with Crippen molar-refractivity contribution < 1.29 is 8.42 Å². The van der Waals surface area contributed by atoms with Crippen LogP contribution in [-0.2, 0) is 10.2 Å². The molecule has 0 aromatic carbocycles. The van der Waals surface area contributed by atoms with Gasteiger partial charge < -0.3 is 5.32 Å². The molecule has 21 heavy (non-hydrogen) atoms. The van der Waals surface area contributed by atoms with Crippen molar-refractivity contribution in [1.29, 1.82) is 0 Å². The van der Waals surface area contributed by atoms with Crippen LogP contribution in [0, 0.1) is 5.41 Å². The van der Waals surface area contributed by atoms with Gasteiger partial charge in [-0.05, 0) is 44.1 Å². The number of nitrogens with one attached hydrogen (secondary N) is 2. The van der Waals surface area contributed by atoms with Crippen molar-refractivity contribution in [3.8, 4) is 0 Å². The molecule has 0 aliphatic heterocycles. The van der Waals surface area contributed by atoms with Crippen molar-refractivity contribution >= 4 is 10.2 Å². The second kappa shape index (κ2) is 7.40. The highest BCUT2D eigenvalue weighted by molar-refractivity contribution is 7.87. The Morgan fingerprint density at radius 3 is 2.48 bits per heavy atom. The Morgan fingerprint density at radius 1 is 1.19 bits per heavy atom. The zero-order chi connectivity index (χ0) is 15.3. The van der Waals surface area contributed by atoms with Crippen molar-refractivity contribution in [3.63, 3.8) is 0 Å². The molecule has 0 saturated heterocycles. The fraction of sp³-hybridized carbons (Fsp3) is 1.00. The van der Waals surface area contributed by atoms with Crippen LogP contribution in [0.3, 0.4) is 0 Å². The summed E-state index contributed by atoms with van der Waals surface area (Å²) in [5, 5.41) is 3.41. The first-order chi connectivity index (χ1) is 9.91. The Morgan fingerprint density at radius 2 is 1.86 bits per heavy atom. The van der Waals surface area contributed by atoms with E-state index in [0.717, 1.165) is 25.8 Å². The molecule has 0 unspecified atom stereocenters. The first-order valence-corrected chi connectivity index (χ1v) is 9.80. The predicted octanol–water partition coefficient (Wildman–Crippen LogP) is 1.87. The monoisotopic (exact) mass is 317 g/mol. The Hall–Kier alpha value is -0.170. The number of nitrogens with zero attached hydrogens (tertiary/aromatic N) is 1. The van der Waals surface area contributed by atoms with Gasteiger partial charge in [0, 0.05) is 26.2 Å². The molecule has 2 rings (SSSR count). The fourth-order valence-corrected chi connectivity index (χ4v) is 4.09. The highest BCUT2D eigenvalue weighted by atomic mass is 32.2.